The van der Waals surface area contributed by atoms with Crippen molar-refractivity contribution in [1.29, 1.82) is 0 Å². The molecule has 3 N–H and O–H groups in total. The zero-order valence-corrected chi connectivity index (χ0v) is 11.3. The van der Waals surface area contributed by atoms with Crippen molar-refractivity contribution in [2.45, 2.75) is 49.8 Å². The van der Waals surface area contributed by atoms with Gasteiger partial charge in [-0.3, -0.25) is 4.79 Å². The summed E-state index contributed by atoms with van der Waals surface area (Å²) in [7, 11) is 0. The first-order valence-electron chi connectivity index (χ1n) is 6.35. The highest BCUT2D eigenvalue weighted by atomic mass is 32.2. The summed E-state index contributed by atoms with van der Waals surface area (Å²) in [6, 6.07) is 0. The molecule has 0 amide bonds. The lowest BCUT2D eigenvalue weighted by Crippen LogP contribution is -2.55. The molecule has 17 heavy (non-hydrogen) atoms. The number of carboxylic acids is 1. The van der Waals surface area contributed by atoms with E-state index in [-0.39, 0.29) is 6.61 Å². The number of aliphatic hydroxyl groups is 1. The van der Waals surface area contributed by atoms with Crippen LogP contribution in [0.25, 0.3) is 0 Å². The van der Waals surface area contributed by atoms with Gasteiger partial charge in [0.15, 0.2) is 0 Å². The van der Waals surface area contributed by atoms with Crippen molar-refractivity contribution >= 4 is 17.7 Å². The van der Waals surface area contributed by atoms with E-state index in [1.165, 1.54) is 0 Å². The second-order valence-electron chi connectivity index (χ2n) is 4.58. The predicted octanol–water partition coefficient (Wildman–Crippen LogP) is 1.48. The van der Waals surface area contributed by atoms with Crippen LogP contribution in [0.1, 0.15) is 39.0 Å². The van der Waals surface area contributed by atoms with Crippen LogP contribution in [0.4, 0.5) is 0 Å². The summed E-state index contributed by atoms with van der Waals surface area (Å²) in [4.78, 5) is 11.4. The molecule has 0 heterocycles. The Morgan fingerprint density at radius 2 is 2.35 bits per heavy atom. The normalized spacial score (nSPS) is 29.2. The molecule has 0 aromatic rings. The number of likely N-dealkylation sites (N-methyl/N-ethyl adjacent to an activating group) is 1. The van der Waals surface area contributed by atoms with Crippen LogP contribution in [0.15, 0.2) is 0 Å². The van der Waals surface area contributed by atoms with Crippen molar-refractivity contribution in [3.63, 3.8) is 0 Å². The van der Waals surface area contributed by atoms with Crippen LogP contribution in [0.5, 0.6) is 0 Å². The van der Waals surface area contributed by atoms with E-state index in [1.807, 2.05) is 6.92 Å². The molecule has 1 saturated carbocycles. The van der Waals surface area contributed by atoms with Crippen LogP contribution < -0.4 is 5.32 Å². The molecule has 2 unspecified atom stereocenters. The van der Waals surface area contributed by atoms with Crippen molar-refractivity contribution < 1.29 is 15.0 Å². The molecule has 0 saturated heterocycles. The Bertz CT molecular complexity index is 246. The monoisotopic (exact) mass is 261 g/mol. The first-order valence-corrected chi connectivity index (χ1v) is 7.40. The number of aliphatic carboxylic acids is 1. The Balaban J connectivity index is 2.52. The topological polar surface area (TPSA) is 69.6 Å². The van der Waals surface area contributed by atoms with E-state index in [9.17, 15) is 9.90 Å². The van der Waals surface area contributed by atoms with Gasteiger partial charge in [0.25, 0.3) is 0 Å². The summed E-state index contributed by atoms with van der Waals surface area (Å²) in [5.41, 5.74) is -0.718. The van der Waals surface area contributed by atoms with Gasteiger partial charge in [-0.1, -0.05) is 6.92 Å². The molecule has 0 aliphatic heterocycles. The number of hydrogen-bond donors (Lipinski definition) is 3. The van der Waals surface area contributed by atoms with Gasteiger partial charge in [0.2, 0.25) is 0 Å². The highest BCUT2D eigenvalue weighted by Gasteiger charge is 2.42. The summed E-state index contributed by atoms with van der Waals surface area (Å²) in [5.74, 6) is 0.204. The maximum absolute atomic E-state index is 11.4. The van der Waals surface area contributed by atoms with E-state index in [2.05, 4.69) is 5.32 Å². The van der Waals surface area contributed by atoms with Gasteiger partial charge < -0.3 is 15.5 Å². The summed E-state index contributed by atoms with van der Waals surface area (Å²) in [6.45, 7) is 2.87. The first-order chi connectivity index (χ1) is 8.14. The molecule has 5 heteroatoms. The SMILES string of the molecule is CCNC1(C(=O)O)CCCC(SCCCO)C1. The first kappa shape index (κ1) is 14.8. The third-order valence-corrected chi connectivity index (χ3v) is 4.68. The molecular weight excluding hydrogens is 238 g/mol. The van der Waals surface area contributed by atoms with Gasteiger partial charge in [0.1, 0.15) is 5.54 Å². The van der Waals surface area contributed by atoms with Crippen molar-refractivity contribution in [2.75, 3.05) is 18.9 Å². The highest BCUT2D eigenvalue weighted by molar-refractivity contribution is 7.99. The Labute approximate surface area is 107 Å². The molecule has 1 rings (SSSR count). The number of nitrogens with one attached hydrogen (secondary N) is 1. The molecule has 2 atom stereocenters. The molecule has 1 aliphatic rings. The fraction of sp³-hybridized carbons (Fsp3) is 0.917. The minimum absolute atomic E-state index is 0.219. The molecule has 0 aromatic carbocycles. The second-order valence-corrected chi connectivity index (χ2v) is 5.99. The third-order valence-electron chi connectivity index (χ3n) is 3.29. The standard InChI is InChI=1S/C12H23NO3S/c1-2-13-12(11(15)16)6-3-5-10(9-12)17-8-4-7-14/h10,13-14H,2-9H2,1H3,(H,15,16). The van der Waals surface area contributed by atoms with Crippen LogP contribution in [0.3, 0.4) is 0 Å². The van der Waals surface area contributed by atoms with Crippen molar-refractivity contribution in [3.05, 3.63) is 0 Å². The maximum atomic E-state index is 11.4. The van der Waals surface area contributed by atoms with E-state index >= 15 is 0 Å². The number of hydrogen-bond acceptors (Lipinski definition) is 4. The lowest BCUT2D eigenvalue weighted by molar-refractivity contribution is -0.146. The van der Waals surface area contributed by atoms with Gasteiger partial charge in [0, 0.05) is 11.9 Å². The minimum atomic E-state index is -0.718. The van der Waals surface area contributed by atoms with Gasteiger partial charge in [-0.05, 0) is 44.4 Å². The number of aliphatic hydroxyl groups excluding tert-OH is 1. The lowest BCUT2D eigenvalue weighted by Gasteiger charge is -2.38. The van der Waals surface area contributed by atoms with Crippen LogP contribution in [-0.2, 0) is 4.79 Å². The van der Waals surface area contributed by atoms with Crippen LogP contribution >= 0.6 is 11.8 Å². The van der Waals surface area contributed by atoms with Gasteiger partial charge in [-0.25, -0.2) is 0 Å². The van der Waals surface area contributed by atoms with Gasteiger partial charge in [0.05, 0.1) is 0 Å². The van der Waals surface area contributed by atoms with E-state index in [1.54, 1.807) is 11.8 Å². The molecule has 0 radical (unpaired) electrons. The van der Waals surface area contributed by atoms with Crippen LogP contribution in [0, 0.1) is 0 Å². The molecule has 100 valence electrons. The Morgan fingerprint density at radius 1 is 1.59 bits per heavy atom. The average molecular weight is 261 g/mol. The molecule has 0 aromatic heterocycles. The minimum Gasteiger partial charge on any atom is -0.480 e. The largest absolute Gasteiger partial charge is 0.480 e. The van der Waals surface area contributed by atoms with Crippen LogP contribution in [-0.4, -0.2) is 45.9 Å². The van der Waals surface area contributed by atoms with E-state index in [4.69, 9.17) is 5.11 Å². The highest BCUT2D eigenvalue weighted by Crippen LogP contribution is 2.35. The summed E-state index contributed by atoms with van der Waals surface area (Å²) in [5, 5.41) is 21.7. The average Bonchev–Trinajstić information content (AvgIpc) is 2.30. The Morgan fingerprint density at radius 3 is 2.94 bits per heavy atom. The van der Waals surface area contributed by atoms with Gasteiger partial charge >= 0.3 is 5.97 Å². The van der Waals surface area contributed by atoms with E-state index in [0.29, 0.717) is 18.2 Å². The van der Waals surface area contributed by atoms with Crippen molar-refractivity contribution in [2.24, 2.45) is 0 Å². The van der Waals surface area contributed by atoms with Gasteiger partial charge in [-0.2, -0.15) is 11.8 Å². The zero-order valence-electron chi connectivity index (χ0n) is 10.4. The molecule has 1 aliphatic carbocycles. The second kappa shape index (κ2) is 7.24. The molecule has 0 spiro atoms. The van der Waals surface area contributed by atoms with Gasteiger partial charge in [-0.15, -0.1) is 0 Å². The third kappa shape index (κ3) is 4.16. The predicted molar refractivity (Wildman–Crippen MR) is 70.5 cm³/mol. The number of thioether (sulfide) groups is 1. The molecule has 1 fully saturated rings. The number of carboxylic acid groups (broad SMARTS) is 1. The summed E-state index contributed by atoms with van der Waals surface area (Å²) in [6.07, 6.45) is 4.29. The van der Waals surface area contributed by atoms with Crippen molar-refractivity contribution in [3.8, 4) is 0 Å². The van der Waals surface area contributed by atoms with E-state index < -0.39 is 11.5 Å². The summed E-state index contributed by atoms with van der Waals surface area (Å²) >= 11 is 1.80. The maximum Gasteiger partial charge on any atom is 0.323 e. The molecule has 4 nitrogen and oxygen atoms in total. The smallest absolute Gasteiger partial charge is 0.323 e. The fourth-order valence-electron chi connectivity index (χ4n) is 2.45. The molecular formula is C12H23NO3S. The number of rotatable bonds is 7. The van der Waals surface area contributed by atoms with E-state index in [0.717, 1.165) is 31.4 Å². The fourth-order valence-corrected chi connectivity index (χ4v) is 3.81. The van der Waals surface area contributed by atoms with Crippen LogP contribution in [0.2, 0.25) is 0 Å². The Kier molecular flexibility index (Phi) is 6.30. The molecule has 0 bridgehead atoms. The zero-order chi connectivity index (χ0) is 12.7. The Hall–Kier alpha value is -0.260. The summed E-state index contributed by atoms with van der Waals surface area (Å²) < 4.78 is 0. The number of carbonyl (C=O) groups is 1. The van der Waals surface area contributed by atoms with Crippen molar-refractivity contribution in [1.82, 2.24) is 5.32 Å². The lowest BCUT2D eigenvalue weighted by atomic mass is 9.81. The quantitative estimate of drug-likeness (QED) is 0.606.